The number of hydrogen-bond donors (Lipinski definition) is 2. The molecule has 1 saturated heterocycles. The number of hydrogen-bond acceptors (Lipinski definition) is 6. The Hall–Kier alpha value is -2.04. The number of aromatic nitrogens is 2. The minimum atomic E-state index is -0.715. The largest absolute Gasteiger partial charge is 0.444 e. The van der Waals surface area contributed by atoms with Crippen LogP contribution in [0.15, 0.2) is 17.1 Å². The highest BCUT2D eigenvalue weighted by Crippen LogP contribution is 2.27. The molecule has 0 saturated carbocycles. The van der Waals surface area contributed by atoms with Crippen LogP contribution < -0.4 is 11.4 Å². The molecule has 1 aromatic rings. The summed E-state index contributed by atoms with van der Waals surface area (Å²) in [5.41, 5.74) is 4.90. The van der Waals surface area contributed by atoms with Gasteiger partial charge in [0, 0.05) is 19.5 Å². The highest BCUT2D eigenvalue weighted by Gasteiger charge is 2.35. The Morgan fingerprint density at radius 3 is 3.21 bits per heavy atom. The second kappa shape index (κ2) is 5.73. The lowest BCUT2D eigenvalue weighted by Crippen LogP contribution is -2.28. The highest BCUT2D eigenvalue weighted by molar-refractivity contribution is 5.23. The number of nitrogens with two attached hydrogens (primary N) is 1. The molecule has 7 heteroatoms. The van der Waals surface area contributed by atoms with Crippen LogP contribution in [0.3, 0.4) is 0 Å². The minimum absolute atomic E-state index is 0.148. The summed E-state index contributed by atoms with van der Waals surface area (Å²) in [4.78, 5) is 15.3. The normalized spacial score (nSPS) is 25.7. The van der Waals surface area contributed by atoms with Crippen molar-refractivity contribution in [3.8, 4) is 12.0 Å². The van der Waals surface area contributed by atoms with Crippen molar-refractivity contribution in [3.63, 3.8) is 0 Å². The monoisotopic (exact) mass is 265 g/mol. The van der Waals surface area contributed by atoms with Gasteiger partial charge < -0.3 is 20.3 Å². The van der Waals surface area contributed by atoms with E-state index in [9.17, 15) is 9.90 Å². The number of nitrogen functional groups attached to an aromatic ring is 1. The number of ether oxygens (including phenoxy) is 2. The molecule has 2 heterocycles. The molecule has 3 N–H and O–H groups in total. The molecule has 1 aliphatic heterocycles. The molecule has 0 radical (unpaired) electrons. The van der Waals surface area contributed by atoms with E-state index in [0.29, 0.717) is 6.42 Å². The van der Waals surface area contributed by atoms with Gasteiger partial charge in [-0.3, -0.25) is 4.57 Å². The first-order chi connectivity index (χ1) is 9.11. The van der Waals surface area contributed by atoms with Crippen LogP contribution in [0, 0.1) is 12.0 Å². The van der Waals surface area contributed by atoms with E-state index in [1.54, 1.807) is 6.92 Å². The predicted octanol–water partition coefficient (Wildman–Crippen LogP) is -0.529. The van der Waals surface area contributed by atoms with Crippen molar-refractivity contribution < 1.29 is 14.6 Å². The molecule has 1 aromatic heterocycles. The van der Waals surface area contributed by atoms with Gasteiger partial charge in [0.25, 0.3) is 0 Å². The fourth-order valence-corrected chi connectivity index (χ4v) is 1.88. The fourth-order valence-electron chi connectivity index (χ4n) is 1.88. The molecule has 0 unspecified atom stereocenters. The third kappa shape index (κ3) is 3.05. The van der Waals surface area contributed by atoms with E-state index in [4.69, 9.17) is 15.2 Å². The first kappa shape index (κ1) is 13.4. The van der Waals surface area contributed by atoms with Gasteiger partial charge in [-0.1, -0.05) is 5.92 Å². The molecule has 7 nitrogen and oxygen atoms in total. The maximum absolute atomic E-state index is 11.7. The number of rotatable bonds is 3. The lowest BCUT2D eigenvalue weighted by atomic mass is 10.2. The van der Waals surface area contributed by atoms with Crippen LogP contribution in [-0.2, 0) is 9.47 Å². The molecule has 0 aliphatic carbocycles. The second-order valence-corrected chi connectivity index (χ2v) is 4.14. The van der Waals surface area contributed by atoms with Crippen LogP contribution in [0.25, 0.3) is 0 Å². The van der Waals surface area contributed by atoms with E-state index in [0.717, 1.165) is 0 Å². The lowest BCUT2D eigenvalue weighted by Gasteiger charge is -2.14. The maximum atomic E-state index is 11.7. The Balaban J connectivity index is 2.07. The van der Waals surface area contributed by atoms with Crippen LogP contribution >= 0.6 is 0 Å². The maximum Gasteiger partial charge on any atom is 0.351 e. The first-order valence-electron chi connectivity index (χ1n) is 5.83. The third-order valence-electron chi connectivity index (χ3n) is 2.79. The van der Waals surface area contributed by atoms with Gasteiger partial charge in [0.2, 0.25) is 0 Å². The lowest BCUT2D eigenvalue weighted by molar-refractivity contribution is -0.0457. The van der Waals surface area contributed by atoms with Gasteiger partial charge in [-0.15, -0.1) is 0 Å². The van der Waals surface area contributed by atoms with Gasteiger partial charge in [0.1, 0.15) is 30.9 Å². The zero-order valence-corrected chi connectivity index (χ0v) is 10.4. The van der Waals surface area contributed by atoms with Gasteiger partial charge in [-0.25, -0.2) is 4.79 Å². The van der Waals surface area contributed by atoms with Gasteiger partial charge >= 0.3 is 5.69 Å². The summed E-state index contributed by atoms with van der Waals surface area (Å²) in [6, 6.07) is 1.50. The topological polar surface area (TPSA) is 99.6 Å². The van der Waals surface area contributed by atoms with Crippen molar-refractivity contribution in [2.45, 2.75) is 31.8 Å². The Morgan fingerprint density at radius 2 is 2.53 bits per heavy atom. The number of aliphatic hydroxyl groups is 1. The Bertz CT molecular complexity index is 560. The summed E-state index contributed by atoms with van der Waals surface area (Å²) in [7, 11) is 0. The molecule has 2 rings (SSSR count). The van der Waals surface area contributed by atoms with Gasteiger partial charge in [0.05, 0.1) is 6.10 Å². The zero-order chi connectivity index (χ0) is 13.8. The van der Waals surface area contributed by atoms with Gasteiger partial charge in [0.15, 0.2) is 0 Å². The van der Waals surface area contributed by atoms with Crippen LogP contribution in [0.5, 0.6) is 0 Å². The van der Waals surface area contributed by atoms with Crippen molar-refractivity contribution >= 4 is 5.82 Å². The molecule has 0 amide bonds. The minimum Gasteiger partial charge on any atom is -0.444 e. The first-order valence-corrected chi connectivity index (χ1v) is 5.83. The molecule has 102 valence electrons. The summed E-state index contributed by atoms with van der Waals surface area (Å²) in [6.07, 6.45) is 2.42. The Labute approximate surface area is 110 Å². The predicted molar refractivity (Wildman–Crippen MR) is 66.8 cm³/mol. The Kier molecular flexibility index (Phi) is 4.04. The highest BCUT2D eigenvalue weighted by atomic mass is 16.6. The average Bonchev–Trinajstić information content (AvgIpc) is 2.71. The zero-order valence-electron chi connectivity index (χ0n) is 10.4. The number of aliphatic hydroxyl groups excluding tert-OH is 1. The van der Waals surface area contributed by atoms with Crippen molar-refractivity contribution in [1.29, 1.82) is 0 Å². The molecule has 0 spiro atoms. The van der Waals surface area contributed by atoms with E-state index in [-0.39, 0.29) is 12.4 Å². The summed E-state index contributed by atoms with van der Waals surface area (Å²) in [6.45, 7) is 1.80. The van der Waals surface area contributed by atoms with Crippen LogP contribution in [0.2, 0.25) is 0 Å². The van der Waals surface area contributed by atoms with Crippen molar-refractivity contribution in [3.05, 3.63) is 22.7 Å². The summed E-state index contributed by atoms with van der Waals surface area (Å²) >= 11 is 0. The van der Waals surface area contributed by atoms with Gasteiger partial charge in [-0.2, -0.15) is 4.98 Å². The molecule has 3 atom stereocenters. The van der Waals surface area contributed by atoms with E-state index >= 15 is 0 Å². The van der Waals surface area contributed by atoms with E-state index < -0.39 is 24.1 Å². The fraction of sp³-hybridized carbons (Fsp3) is 0.500. The standard InChI is InChI=1S/C12H15N3O4/c1-2-5-18-7-9-8(16)6-11(19-9)15-4-3-10(13)14-12(15)17/h3-4,8-9,11,16H,6-7H2,1H3,(H2,13,14,17)/t8-,9+,11+/m0/s1. The molecule has 19 heavy (non-hydrogen) atoms. The molecule has 0 bridgehead atoms. The van der Waals surface area contributed by atoms with Crippen LogP contribution in [0.4, 0.5) is 5.82 Å². The van der Waals surface area contributed by atoms with E-state index in [2.05, 4.69) is 17.0 Å². The summed E-state index contributed by atoms with van der Waals surface area (Å²) in [5.74, 6) is 2.73. The van der Waals surface area contributed by atoms with Crippen LogP contribution in [-0.4, -0.2) is 33.5 Å². The average molecular weight is 265 g/mol. The molecular formula is C12H15N3O4. The quantitative estimate of drug-likeness (QED) is 0.713. The molecule has 1 fully saturated rings. The molecule has 1 aliphatic rings. The summed E-state index contributed by atoms with van der Waals surface area (Å²) in [5, 5.41) is 9.85. The molecule has 0 aromatic carbocycles. The van der Waals surface area contributed by atoms with Gasteiger partial charge in [-0.05, 0) is 6.07 Å². The van der Waals surface area contributed by atoms with Crippen molar-refractivity contribution in [1.82, 2.24) is 9.55 Å². The van der Waals surface area contributed by atoms with E-state index in [1.165, 1.54) is 16.8 Å². The Morgan fingerprint density at radius 1 is 1.74 bits per heavy atom. The third-order valence-corrected chi connectivity index (χ3v) is 2.79. The van der Waals surface area contributed by atoms with E-state index in [1.807, 2.05) is 0 Å². The van der Waals surface area contributed by atoms with Crippen molar-refractivity contribution in [2.75, 3.05) is 12.3 Å². The second-order valence-electron chi connectivity index (χ2n) is 4.14. The van der Waals surface area contributed by atoms with Crippen molar-refractivity contribution in [2.24, 2.45) is 0 Å². The SMILES string of the molecule is CC#COC[C@H]1O[C@@H](n2ccc(N)nc2=O)C[C@@H]1O. The van der Waals surface area contributed by atoms with Crippen LogP contribution in [0.1, 0.15) is 19.6 Å². The molecular weight excluding hydrogens is 250 g/mol. The number of anilines is 1. The number of nitrogens with zero attached hydrogens (tertiary/aromatic N) is 2. The summed E-state index contributed by atoms with van der Waals surface area (Å²) < 4.78 is 11.9. The smallest absolute Gasteiger partial charge is 0.351 e.